The van der Waals surface area contributed by atoms with Gasteiger partial charge in [-0.3, -0.25) is 0 Å². The molecular formula is C26H31F4NO4. The van der Waals surface area contributed by atoms with E-state index in [9.17, 15) is 22.4 Å². The van der Waals surface area contributed by atoms with E-state index < -0.39 is 23.9 Å². The maximum atomic E-state index is 12.4. The fourth-order valence-electron chi connectivity index (χ4n) is 6.14. The minimum absolute atomic E-state index is 0.0103. The largest absolute Gasteiger partial charge is 0.490 e. The van der Waals surface area contributed by atoms with E-state index in [4.69, 9.17) is 20.7 Å². The second kappa shape index (κ2) is 11.3. The Balaban J connectivity index is 0.000000165. The summed E-state index contributed by atoms with van der Waals surface area (Å²) in [6.07, 6.45) is 14.3. The van der Waals surface area contributed by atoms with Crippen molar-refractivity contribution < 1.29 is 37.4 Å². The highest BCUT2D eigenvalue weighted by atomic mass is 19.4. The third kappa shape index (κ3) is 6.64. The van der Waals surface area contributed by atoms with Gasteiger partial charge in [0, 0.05) is 0 Å². The molecule has 1 aromatic rings. The third-order valence-corrected chi connectivity index (χ3v) is 7.67. The van der Waals surface area contributed by atoms with Gasteiger partial charge in [0.05, 0.1) is 11.3 Å². The number of aliphatic carboxylic acids is 1. The van der Waals surface area contributed by atoms with E-state index >= 15 is 0 Å². The zero-order valence-corrected chi connectivity index (χ0v) is 19.3. The molecule has 3 saturated carbocycles. The maximum absolute atomic E-state index is 12.4. The van der Waals surface area contributed by atoms with Crippen LogP contribution in [0.25, 0.3) is 0 Å². The molecule has 5 nitrogen and oxygen atoms in total. The smallest absolute Gasteiger partial charge is 0.478 e. The Bertz CT molecular complexity index is 988. The van der Waals surface area contributed by atoms with Crippen LogP contribution in [-0.4, -0.2) is 28.3 Å². The molecule has 0 aliphatic heterocycles. The molecule has 4 aliphatic carbocycles. The number of hydrogen-bond acceptors (Lipinski definition) is 3. The number of hydrogen-bond donors (Lipinski definition) is 3. The Morgan fingerprint density at radius 2 is 1.63 bits per heavy atom. The van der Waals surface area contributed by atoms with Crippen LogP contribution in [0, 0.1) is 35.4 Å². The van der Waals surface area contributed by atoms with Crippen LogP contribution in [0.1, 0.15) is 61.7 Å². The Morgan fingerprint density at radius 3 is 2.26 bits per heavy atom. The lowest BCUT2D eigenvalue weighted by Crippen LogP contribution is -2.40. The van der Waals surface area contributed by atoms with Crippen molar-refractivity contribution in [2.45, 2.75) is 57.5 Å². The number of allylic oxidation sites excluding steroid dienone is 4. The van der Waals surface area contributed by atoms with Crippen LogP contribution >= 0.6 is 0 Å². The minimum Gasteiger partial charge on any atom is -0.478 e. The third-order valence-electron chi connectivity index (χ3n) is 7.67. The molecule has 0 aromatic heterocycles. The highest BCUT2D eigenvalue weighted by Crippen LogP contribution is 2.55. The fraction of sp³-hybridized carbons (Fsp3) is 0.538. The molecule has 0 saturated heterocycles. The van der Waals surface area contributed by atoms with Crippen LogP contribution in [0.3, 0.4) is 0 Å². The molecule has 5 rings (SSSR count). The van der Waals surface area contributed by atoms with E-state index in [1.807, 2.05) is 5.57 Å². The lowest BCUT2D eigenvalue weighted by Gasteiger charge is -2.50. The summed E-state index contributed by atoms with van der Waals surface area (Å²) in [6, 6.07) is 3.27. The average Bonchev–Trinajstić information content (AvgIpc) is 3.30. The number of fused-ring (bicyclic) bond motifs is 5. The molecule has 0 heterocycles. The number of alkyl halides is 3. The van der Waals surface area contributed by atoms with E-state index in [-0.39, 0.29) is 11.3 Å². The van der Waals surface area contributed by atoms with Gasteiger partial charge in [-0.15, -0.1) is 0 Å². The van der Waals surface area contributed by atoms with Gasteiger partial charge in [0.2, 0.25) is 0 Å². The zero-order chi connectivity index (χ0) is 25.8. The van der Waals surface area contributed by atoms with Crippen molar-refractivity contribution in [3.05, 3.63) is 53.4 Å². The lowest BCUT2D eigenvalue weighted by molar-refractivity contribution is -0.192. The SMILES string of the molecule is C1=CC2CCC3C(CCC4CCCCC43)C2=C1.Nc1cc(C(=O)O)ccc1F.O=C(O)C(F)(F)F. The monoisotopic (exact) mass is 497 g/mol. The zero-order valence-electron chi connectivity index (χ0n) is 19.3. The van der Waals surface area contributed by atoms with Gasteiger partial charge in [-0.2, -0.15) is 13.2 Å². The number of carboxylic acids is 2. The van der Waals surface area contributed by atoms with Crippen LogP contribution < -0.4 is 5.73 Å². The highest BCUT2D eigenvalue weighted by molar-refractivity contribution is 5.88. The molecule has 5 atom stereocenters. The maximum Gasteiger partial charge on any atom is 0.490 e. The Labute approximate surface area is 201 Å². The predicted molar refractivity (Wildman–Crippen MR) is 123 cm³/mol. The van der Waals surface area contributed by atoms with E-state index in [2.05, 4.69) is 18.2 Å². The Hall–Kier alpha value is -2.84. The number of aromatic carboxylic acids is 1. The number of nitrogens with two attached hydrogens (primary N) is 1. The molecular weight excluding hydrogens is 466 g/mol. The van der Waals surface area contributed by atoms with Crippen LogP contribution in [0.4, 0.5) is 23.2 Å². The first-order valence-electron chi connectivity index (χ1n) is 12.0. The van der Waals surface area contributed by atoms with Crippen molar-refractivity contribution >= 4 is 17.6 Å². The highest BCUT2D eigenvalue weighted by Gasteiger charge is 2.45. The summed E-state index contributed by atoms with van der Waals surface area (Å²) < 4.78 is 44.2. The first kappa shape index (κ1) is 26.8. The number of anilines is 1. The summed E-state index contributed by atoms with van der Waals surface area (Å²) in [5, 5.41) is 15.5. The van der Waals surface area contributed by atoms with Crippen molar-refractivity contribution in [1.29, 1.82) is 0 Å². The van der Waals surface area contributed by atoms with Gasteiger partial charge in [-0.05, 0) is 79.9 Å². The normalized spacial score (nSPS) is 28.6. The summed E-state index contributed by atoms with van der Waals surface area (Å²) >= 11 is 0. The predicted octanol–water partition coefficient (Wildman–Crippen LogP) is 6.46. The van der Waals surface area contributed by atoms with Crippen molar-refractivity contribution in [3.63, 3.8) is 0 Å². The first-order valence-corrected chi connectivity index (χ1v) is 12.0. The van der Waals surface area contributed by atoms with Gasteiger partial charge in [0.25, 0.3) is 0 Å². The number of carbonyl (C=O) groups is 2. The van der Waals surface area contributed by atoms with Gasteiger partial charge in [-0.25, -0.2) is 14.0 Å². The van der Waals surface area contributed by atoms with Crippen molar-refractivity contribution in [2.75, 3.05) is 5.73 Å². The van der Waals surface area contributed by atoms with Gasteiger partial charge in [0.1, 0.15) is 5.82 Å². The Kier molecular flexibility index (Phi) is 8.61. The molecule has 192 valence electrons. The van der Waals surface area contributed by atoms with Crippen molar-refractivity contribution in [2.24, 2.45) is 29.6 Å². The molecule has 9 heteroatoms. The molecule has 0 amide bonds. The number of rotatable bonds is 1. The molecule has 0 spiro atoms. The topological polar surface area (TPSA) is 101 Å². The number of carboxylic acid groups (broad SMARTS) is 2. The van der Waals surface area contributed by atoms with Crippen LogP contribution in [0.2, 0.25) is 0 Å². The summed E-state index contributed by atoms with van der Waals surface area (Å²) in [4.78, 5) is 19.2. The Morgan fingerprint density at radius 1 is 0.943 bits per heavy atom. The molecule has 0 bridgehead atoms. The van der Waals surface area contributed by atoms with E-state index in [0.29, 0.717) is 0 Å². The van der Waals surface area contributed by atoms with Crippen LogP contribution in [0.15, 0.2) is 42.0 Å². The minimum atomic E-state index is -5.08. The average molecular weight is 498 g/mol. The number of halogens is 4. The van der Waals surface area contributed by atoms with Gasteiger partial charge in [0.15, 0.2) is 0 Å². The summed E-state index contributed by atoms with van der Waals surface area (Å²) in [5.41, 5.74) is 6.79. The summed E-state index contributed by atoms with van der Waals surface area (Å²) in [5.74, 6) is 0.622. The summed E-state index contributed by atoms with van der Waals surface area (Å²) in [7, 11) is 0. The van der Waals surface area contributed by atoms with E-state index in [1.165, 1.54) is 38.5 Å². The number of nitrogen functional groups attached to an aromatic ring is 1. The molecule has 4 aliphatic rings. The fourth-order valence-corrected chi connectivity index (χ4v) is 6.14. The van der Waals surface area contributed by atoms with Crippen LogP contribution in [0.5, 0.6) is 0 Å². The van der Waals surface area contributed by atoms with Gasteiger partial charge >= 0.3 is 18.1 Å². The molecule has 35 heavy (non-hydrogen) atoms. The molecule has 5 unspecified atom stereocenters. The van der Waals surface area contributed by atoms with Gasteiger partial charge < -0.3 is 15.9 Å². The standard InChI is InChI=1S/C17H24.C7H6FNO2.C2HF3O2/c1-2-6-14-12(4-1)8-10-17-15-7-3-5-13(15)9-11-16(14)17;8-5-2-1-4(7(10)11)3-6(5)9;3-2(4,5)1(6)7/h3,5,7,12-14,16-17H,1-2,4,6,8-11H2;1-3H,9H2,(H,10,11);(H,6,7). The number of benzene rings is 1. The molecule has 1 aromatic carbocycles. The first-order chi connectivity index (χ1) is 16.5. The van der Waals surface area contributed by atoms with Crippen molar-refractivity contribution in [3.8, 4) is 0 Å². The molecule has 0 radical (unpaired) electrons. The van der Waals surface area contributed by atoms with Crippen molar-refractivity contribution in [1.82, 2.24) is 0 Å². The molecule has 3 fully saturated rings. The van der Waals surface area contributed by atoms with Crippen LogP contribution in [-0.2, 0) is 4.79 Å². The quantitative estimate of drug-likeness (QED) is 0.305. The van der Waals surface area contributed by atoms with E-state index in [0.717, 1.165) is 47.8 Å². The second-order valence-electron chi connectivity index (χ2n) is 9.64. The summed E-state index contributed by atoms with van der Waals surface area (Å²) in [6.45, 7) is 0. The lowest BCUT2D eigenvalue weighted by atomic mass is 9.55. The molecule has 4 N–H and O–H groups in total. The van der Waals surface area contributed by atoms with Gasteiger partial charge in [-0.1, -0.05) is 43.1 Å². The second-order valence-corrected chi connectivity index (χ2v) is 9.64. The van der Waals surface area contributed by atoms with E-state index in [1.54, 1.807) is 12.8 Å².